The molecule has 6 nitrogen and oxygen atoms in total. The molecule has 0 bridgehead atoms. The Bertz CT molecular complexity index is 479. The molecule has 1 aromatic rings. The quantitative estimate of drug-likeness (QED) is 0.554. The van der Waals surface area contributed by atoms with Crippen LogP contribution >= 0.6 is 34.9 Å². The average Bonchev–Trinajstić information content (AvgIpc) is 2.82. The summed E-state index contributed by atoms with van der Waals surface area (Å²) in [6.07, 6.45) is 2.29. The molecular formula is C12H20N4O2S3. The van der Waals surface area contributed by atoms with E-state index in [-0.39, 0.29) is 5.92 Å². The molecule has 118 valence electrons. The van der Waals surface area contributed by atoms with E-state index in [0.717, 1.165) is 27.3 Å². The number of primary amides is 1. The smallest absolute Gasteiger partial charge is 0.318 e. The van der Waals surface area contributed by atoms with Crippen molar-refractivity contribution in [3.8, 4) is 0 Å². The van der Waals surface area contributed by atoms with Crippen LogP contribution in [-0.4, -0.2) is 33.1 Å². The lowest BCUT2D eigenvalue weighted by atomic mass is 10.1. The first kappa shape index (κ1) is 18.2. The predicted molar refractivity (Wildman–Crippen MR) is 87.8 cm³/mol. The van der Waals surface area contributed by atoms with Crippen LogP contribution in [0.25, 0.3) is 0 Å². The third-order valence-corrected chi connectivity index (χ3v) is 6.22. The van der Waals surface area contributed by atoms with Crippen molar-refractivity contribution in [2.24, 2.45) is 11.7 Å². The zero-order chi connectivity index (χ0) is 15.8. The minimum atomic E-state index is -0.834. The standard InChI is InChI=1S/C12H20N4O2S3/c1-4-5-6-19-11-15-16-12(21-11)20-8(7(2)3)9(17)14-10(13)18/h7-8H,4-6H2,1-3H3,(H3,13,14,17,18)/t8-/m1/s1. The molecule has 0 spiro atoms. The van der Waals surface area contributed by atoms with Crippen molar-refractivity contribution in [2.45, 2.75) is 47.5 Å². The number of urea groups is 1. The van der Waals surface area contributed by atoms with Gasteiger partial charge >= 0.3 is 6.03 Å². The Morgan fingerprint density at radius 2 is 2.00 bits per heavy atom. The number of rotatable bonds is 8. The highest BCUT2D eigenvalue weighted by Gasteiger charge is 2.26. The molecule has 1 heterocycles. The highest BCUT2D eigenvalue weighted by atomic mass is 32.2. The molecule has 0 saturated heterocycles. The lowest BCUT2D eigenvalue weighted by Crippen LogP contribution is -2.42. The second-order valence-corrected chi connectivity index (χ2v) is 8.38. The van der Waals surface area contributed by atoms with E-state index in [9.17, 15) is 9.59 Å². The largest absolute Gasteiger partial charge is 0.351 e. The highest BCUT2D eigenvalue weighted by Crippen LogP contribution is 2.34. The lowest BCUT2D eigenvalue weighted by Gasteiger charge is -2.16. The van der Waals surface area contributed by atoms with Gasteiger partial charge in [-0.15, -0.1) is 10.2 Å². The molecule has 0 fully saturated rings. The summed E-state index contributed by atoms with van der Waals surface area (Å²) in [4.78, 5) is 22.7. The molecule has 0 unspecified atom stereocenters. The predicted octanol–water partition coefficient (Wildman–Crippen LogP) is 2.74. The first-order valence-corrected chi connectivity index (χ1v) is 9.35. The number of thioether (sulfide) groups is 2. The van der Waals surface area contributed by atoms with Crippen molar-refractivity contribution in [1.82, 2.24) is 15.5 Å². The first-order valence-electron chi connectivity index (χ1n) is 6.67. The third kappa shape index (κ3) is 6.66. The maximum atomic E-state index is 11.9. The SMILES string of the molecule is CCCCSc1nnc(S[C@@H](C(=O)NC(N)=O)C(C)C)s1. The molecule has 1 rings (SSSR count). The second kappa shape index (κ2) is 9.26. The summed E-state index contributed by atoms with van der Waals surface area (Å²) >= 11 is 4.47. The van der Waals surface area contributed by atoms with E-state index in [1.54, 1.807) is 11.8 Å². The summed E-state index contributed by atoms with van der Waals surface area (Å²) in [5.74, 6) is 0.679. The highest BCUT2D eigenvalue weighted by molar-refractivity contribution is 8.04. The number of nitrogens with one attached hydrogen (secondary N) is 1. The molecule has 1 atom stereocenters. The summed E-state index contributed by atoms with van der Waals surface area (Å²) < 4.78 is 1.64. The lowest BCUT2D eigenvalue weighted by molar-refractivity contribution is -0.120. The van der Waals surface area contributed by atoms with Crippen LogP contribution in [0.2, 0.25) is 0 Å². The number of unbranched alkanes of at least 4 members (excludes halogenated alkanes) is 1. The van der Waals surface area contributed by atoms with Crippen LogP contribution in [0.5, 0.6) is 0 Å². The minimum Gasteiger partial charge on any atom is -0.351 e. The summed E-state index contributed by atoms with van der Waals surface area (Å²) in [6, 6.07) is -0.834. The molecule has 9 heteroatoms. The van der Waals surface area contributed by atoms with Crippen LogP contribution in [0.3, 0.4) is 0 Å². The van der Waals surface area contributed by atoms with Gasteiger partial charge in [0, 0.05) is 5.75 Å². The number of nitrogens with two attached hydrogens (primary N) is 1. The van der Waals surface area contributed by atoms with E-state index in [1.807, 2.05) is 13.8 Å². The maximum absolute atomic E-state index is 11.9. The molecule has 3 N–H and O–H groups in total. The molecule has 3 amide bonds. The van der Waals surface area contributed by atoms with Crippen LogP contribution < -0.4 is 11.1 Å². The van der Waals surface area contributed by atoms with Gasteiger partial charge in [0.05, 0.1) is 5.25 Å². The van der Waals surface area contributed by atoms with Gasteiger partial charge in [-0.25, -0.2) is 4.79 Å². The Kier molecular flexibility index (Phi) is 8.05. The van der Waals surface area contributed by atoms with Crippen LogP contribution in [0.15, 0.2) is 8.68 Å². The number of hydrogen-bond donors (Lipinski definition) is 2. The van der Waals surface area contributed by atoms with E-state index in [0.29, 0.717) is 0 Å². The molecule has 0 aliphatic heterocycles. The Hall–Kier alpha value is -0.800. The molecule has 0 aromatic carbocycles. The van der Waals surface area contributed by atoms with Gasteiger partial charge in [-0.1, -0.05) is 62.1 Å². The summed E-state index contributed by atoms with van der Waals surface area (Å²) in [6.45, 7) is 5.97. The van der Waals surface area contributed by atoms with Crippen LogP contribution in [0.1, 0.15) is 33.6 Å². The Balaban J connectivity index is 2.63. The van der Waals surface area contributed by atoms with Crippen molar-refractivity contribution >= 4 is 46.8 Å². The van der Waals surface area contributed by atoms with Crippen LogP contribution in [0, 0.1) is 5.92 Å². The van der Waals surface area contributed by atoms with E-state index in [4.69, 9.17) is 5.73 Å². The summed E-state index contributed by atoms with van der Waals surface area (Å²) in [5.41, 5.74) is 4.99. The number of imide groups is 1. The average molecular weight is 349 g/mol. The Morgan fingerprint density at radius 3 is 2.57 bits per heavy atom. The van der Waals surface area contributed by atoms with Crippen molar-refractivity contribution in [2.75, 3.05) is 5.75 Å². The van der Waals surface area contributed by atoms with Gasteiger partial charge in [0.1, 0.15) is 0 Å². The van der Waals surface area contributed by atoms with E-state index < -0.39 is 17.2 Å². The van der Waals surface area contributed by atoms with E-state index in [2.05, 4.69) is 22.4 Å². The third-order valence-electron chi connectivity index (χ3n) is 2.45. The van der Waals surface area contributed by atoms with Gasteiger partial charge in [-0.05, 0) is 12.3 Å². The summed E-state index contributed by atoms with van der Waals surface area (Å²) in [5, 5.41) is 9.91. The second-order valence-electron chi connectivity index (χ2n) is 4.67. The molecule has 21 heavy (non-hydrogen) atoms. The molecule has 1 aromatic heterocycles. The normalized spacial score (nSPS) is 12.4. The number of carbonyl (C=O) groups excluding carboxylic acids is 2. The number of hydrogen-bond acceptors (Lipinski definition) is 7. The van der Waals surface area contributed by atoms with Crippen molar-refractivity contribution in [3.05, 3.63) is 0 Å². The fraction of sp³-hybridized carbons (Fsp3) is 0.667. The fourth-order valence-electron chi connectivity index (χ4n) is 1.40. The van der Waals surface area contributed by atoms with E-state index >= 15 is 0 Å². The Labute approximate surface area is 137 Å². The number of aromatic nitrogens is 2. The first-order chi connectivity index (χ1) is 9.93. The van der Waals surface area contributed by atoms with Crippen LogP contribution in [-0.2, 0) is 4.79 Å². The maximum Gasteiger partial charge on any atom is 0.318 e. The molecule has 0 aliphatic rings. The Morgan fingerprint density at radius 1 is 1.33 bits per heavy atom. The van der Waals surface area contributed by atoms with Crippen molar-refractivity contribution < 1.29 is 9.59 Å². The van der Waals surface area contributed by atoms with Crippen molar-refractivity contribution in [3.63, 3.8) is 0 Å². The van der Waals surface area contributed by atoms with Gasteiger partial charge in [-0.3, -0.25) is 10.1 Å². The van der Waals surface area contributed by atoms with Gasteiger partial charge in [0.25, 0.3) is 0 Å². The molecule has 0 aliphatic carbocycles. The van der Waals surface area contributed by atoms with Gasteiger partial charge in [0.2, 0.25) is 5.91 Å². The molecular weight excluding hydrogens is 328 g/mol. The zero-order valence-electron chi connectivity index (χ0n) is 12.3. The minimum absolute atomic E-state index is 0.0504. The van der Waals surface area contributed by atoms with E-state index in [1.165, 1.54) is 23.1 Å². The number of carbonyl (C=O) groups is 2. The van der Waals surface area contributed by atoms with Gasteiger partial charge in [0.15, 0.2) is 8.68 Å². The van der Waals surface area contributed by atoms with Gasteiger partial charge < -0.3 is 5.73 Å². The topological polar surface area (TPSA) is 98.0 Å². The fourth-order valence-corrected chi connectivity index (χ4v) is 4.78. The van der Waals surface area contributed by atoms with Crippen molar-refractivity contribution in [1.29, 1.82) is 0 Å². The van der Waals surface area contributed by atoms with Gasteiger partial charge in [-0.2, -0.15) is 0 Å². The zero-order valence-corrected chi connectivity index (χ0v) is 14.7. The monoisotopic (exact) mass is 348 g/mol. The van der Waals surface area contributed by atoms with Crippen LogP contribution in [0.4, 0.5) is 4.79 Å². The molecule has 0 radical (unpaired) electrons. The number of nitrogens with zero attached hydrogens (tertiary/aromatic N) is 2. The number of amides is 3. The summed E-state index contributed by atoms with van der Waals surface area (Å²) in [7, 11) is 0. The molecule has 0 saturated carbocycles.